The lowest BCUT2D eigenvalue weighted by Crippen LogP contribution is -3.14. The van der Waals surface area contributed by atoms with E-state index in [4.69, 9.17) is 4.98 Å². The maximum absolute atomic E-state index is 12.7. The highest BCUT2D eigenvalue weighted by molar-refractivity contribution is 7.18. The zero-order valence-corrected chi connectivity index (χ0v) is 15.8. The van der Waals surface area contributed by atoms with Crippen molar-refractivity contribution in [2.24, 2.45) is 0 Å². The topological polar surface area (TPSA) is 70.2 Å². The summed E-state index contributed by atoms with van der Waals surface area (Å²) in [5.41, 5.74) is 0.425. The van der Waals surface area contributed by atoms with Crippen LogP contribution in [0.2, 0.25) is 0 Å². The summed E-state index contributed by atoms with van der Waals surface area (Å²) in [6.07, 6.45) is 7.03. The molecule has 4 rings (SSSR count). The minimum Gasteiger partial charge on any atom is -0.333 e. The van der Waals surface area contributed by atoms with Crippen molar-refractivity contribution in [3.63, 3.8) is 0 Å². The van der Waals surface area contributed by atoms with E-state index in [1.165, 1.54) is 16.0 Å². The number of nitriles is 1. The van der Waals surface area contributed by atoms with Gasteiger partial charge in [0.1, 0.15) is 11.6 Å². The number of carbonyl (C=O) groups excluding carboxylic acids is 1. The zero-order valence-electron chi connectivity index (χ0n) is 15.0. The van der Waals surface area contributed by atoms with Gasteiger partial charge < -0.3 is 10.2 Å². The summed E-state index contributed by atoms with van der Waals surface area (Å²) < 4.78 is 1.21. The highest BCUT2D eigenvalue weighted by Gasteiger charge is 2.38. The minimum atomic E-state index is -0.627. The molecule has 0 spiro atoms. The van der Waals surface area contributed by atoms with Crippen molar-refractivity contribution in [1.82, 2.24) is 10.3 Å². The normalized spacial score (nSPS) is 25.0. The number of carbonyl (C=O) groups is 1. The van der Waals surface area contributed by atoms with E-state index in [1.807, 2.05) is 12.1 Å². The Morgan fingerprint density at radius 1 is 1.31 bits per heavy atom. The molecule has 1 saturated carbocycles. The molecule has 26 heavy (non-hydrogen) atoms. The molecule has 2 atom stereocenters. The Hall–Kier alpha value is -1.97. The molecule has 2 heterocycles. The lowest BCUT2D eigenvalue weighted by Gasteiger charge is -2.32. The van der Waals surface area contributed by atoms with Crippen LogP contribution in [0.4, 0.5) is 0 Å². The molecule has 6 heteroatoms. The SMILES string of the molecule is N#CC1(NC(=O)C[NH+]2CCCC[C@H]2c2nc3ccccc3s2)CCCC1. The predicted octanol–water partition coefficient (Wildman–Crippen LogP) is 2.36. The van der Waals surface area contributed by atoms with Gasteiger partial charge in [-0.2, -0.15) is 5.26 Å². The van der Waals surface area contributed by atoms with E-state index in [-0.39, 0.29) is 11.9 Å². The van der Waals surface area contributed by atoms with Crippen molar-refractivity contribution in [2.75, 3.05) is 13.1 Å². The van der Waals surface area contributed by atoms with E-state index >= 15 is 0 Å². The van der Waals surface area contributed by atoms with E-state index < -0.39 is 5.54 Å². The van der Waals surface area contributed by atoms with Crippen LogP contribution in [0.15, 0.2) is 24.3 Å². The Bertz CT molecular complexity index is 801. The van der Waals surface area contributed by atoms with E-state index in [0.29, 0.717) is 6.54 Å². The summed E-state index contributed by atoms with van der Waals surface area (Å²) in [5.74, 6) is 0.0106. The van der Waals surface area contributed by atoms with Crippen LogP contribution in [0.5, 0.6) is 0 Å². The Kier molecular flexibility index (Phi) is 4.92. The summed E-state index contributed by atoms with van der Waals surface area (Å²) >= 11 is 1.76. The Morgan fingerprint density at radius 2 is 2.12 bits per heavy atom. The fourth-order valence-corrected chi connectivity index (χ4v) is 5.55. The van der Waals surface area contributed by atoms with Gasteiger partial charge in [-0.1, -0.05) is 12.1 Å². The molecule has 2 aliphatic rings. The summed E-state index contributed by atoms with van der Waals surface area (Å²) in [5, 5.41) is 13.7. The predicted molar refractivity (Wildman–Crippen MR) is 102 cm³/mol. The van der Waals surface area contributed by atoms with Gasteiger partial charge in [-0.05, 0) is 50.7 Å². The fourth-order valence-electron chi connectivity index (χ4n) is 4.39. The van der Waals surface area contributed by atoms with Crippen molar-refractivity contribution >= 4 is 27.5 Å². The van der Waals surface area contributed by atoms with Gasteiger partial charge in [0, 0.05) is 6.42 Å². The van der Waals surface area contributed by atoms with Crippen molar-refractivity contribution < 1.29 is 9.69 Å². The van der Waals surface area contributed by atoms with Crippen molar-refractivity contribution in [1.29, 1.82) is 5.26 Å². The van der Waals surface area contributed by atoms with Gasteiger partial charge in [-0.15, -0.1) is 11.3 Å². The van der Waals surface area contributed by atoms with Crippen molar-refractivity contribution in [3.05, 3.63) is 29.3 Å². The van der Waals surface area contributed by atoms with Crippen LogP contribution in [-0.2, 0) is 4.79 Å². The maximum Gasteiger partial charge on any atom is 0.276 e. The summed E-state index contributed by atoms with van der Waals surface area (Å²) in [7, 11) is 0. The highest BCUT2D eigenvalue weighted by Crippen LogP contribution is 2.30. The molecule has 1 aromatic heterocycles. The van der Waals surface area contributed by atoms with E-state index in [0.717, 1.165) is 55.6 Å². The Balaban J connectivity index is 1.48. The monoisotopic (exact) mass is 369 g/mol. The average molecular weight is 370 g/mol. The number of likely N-dealkylation sites (tertiary alicyclic amines) is 1. The number of thiazole rings is 1. The lowest BCUT2D eigenvalue weighted by atomic mass is 9.99. The zero-order chi connectivity index (χ0) is 18.0. The number of aromatic nitrogens is 1. The molecule has 0 radical (unpaired) electrons. The molecule has 2 aromatic rings. The molecule has 1 saturated heterocycles. The molecular formula is C20H25N4OS+. The second-order valence-corrected chi connectivity index (χ2v) is 8.66. The van der Waals surface area contributed by atoms with Crippen LogP contribution < -0.4 is 10.2 Å². The number of nitrogens with one attached hydrogen (secondary N) is 2. The van der Waals surface area contributed by atoms with Gasteiger partial charge in [0.2, 0.25) is 0 Å². The van der Waals surface area contributed by atoms with Crippen LogP contribution >= 0.6 is 11.3 Å². The van der Waals surface area contributed by atoms with Gasteiger partial charge >= 0.3 is 0 Å². The van der Waals surface area contributed by atoms with Crippen LogP contribution in [-0.4, -0.2) is 29.5 Å². The molecular weight excluding hydrogens is 344 g/mol. The first-order valence-corrected chi connectivity index (χ1v) is 10.4. The smallest absolute Gasteiger partial charge is 0.276 e. The third-order valence-corrected chi connectivity index (χ3v) is 6.93. The highest BCUT2D eigenvalue weighted by atomic mass is 32.1. The second kappa shape index (κ2) is 7.34. The molecule has 0 bridgehead atoms. The molecule has 1 amide bonds. The number of fused-ring (bicyclic) bond motifs is 1. The van der Waals surface area contributed by atoms with Gasteiger partial charge in [-0.3, -0.25) is 4.79 Å². The number of benzene rings is 1. The first-order valence-electron chi connectivity index (χ1n) is 9.61. The molecule has 136 valence electrons. The number of nitrogens with zero attached hydrogens (tertiary/aromatic N) is 2. The molecule has 1 unspecified atom stereocenters. The molecule has 1 aromatic carbocycles. The summed E-state index contributed by atoms with van der Waals surface area (Å²) in [6.45, 7) is 1.43. The van der Waals surface area contributed by atoms with Crippen molar-refractivity contribution in [2.45, 2.75) is 56.5 Å². The number of hydrogen-bond acceptors (Lipinski definition) is 4. The number of quaternary nitrogens is 1. The number of piperidine rings is 1. The van der Waals surface area contributed by atoms with E-state index in [9.17, 15) is 10.1 Å². The summed E-state index contributed by atoms with van der Waals surface area (Å²) in [4.78, 5) is 18.8. The standard InChI is InChI=1S/C20H24N4OS/c21-14-20(10-4-5-11-20)23-18(25)13-24-12-6-3-8-16(24)19-22-15-7-1-2-9-17(15)26-19/h1-2,7,9,16H,3-6,8,10-13H2,(H,23,25)/p+1/t16-/m0/s1. The van der Waals surface area contributed by atoms with Crippen LogP contribution in [0.3, 0.4) is 0 Å². The number of amides is 1. The molecule has 2 N–H and O–H groups in total. The third-order valence-electron chi connectivity index (χ3n) is 5.78. The first kappa shape index (κ1) is 17.4. The van der Waals surface area contributed by atoms with Gasteiger partial charge in [0.05, 0.1) is 22.8 Å². The van der Waals surface area contributed by atoms with E-state index in [2.05, 4.69) is 23.5 Å². The van der Waals surface area contributed by atoms with Crippen LogP contribution in [0.1, 0.15) is 56.0 Å². The molecule has 5 nitrogen and oxygen atoms in total. The van der Waals surface area contributed by atoms with E-state index in [1.54, 1.807) is 11.3 Å². The van der Waals surface area contributed by atoms with Crippen LogP contribution in [0, 0.1) is 11.3 Å². The number of para-hydroxylation sites is 1. The largest absolute Gasteiger partial charge is 0.333 e. The Morgan fingerprint density at radius 3 is 2.88 bits per heavy atom. The molecule has 2 fully saturated rings. The minimum absolute atomic E-state index is 0.0106. The first-order chi connectivity index (χ1) is 12.7. The Labute approximate surface area is 158 Å². The molecule has 1 aliphatic heterocycles. The fraction of sp³-hybridized carbons (Fsp3) is 0.550. The van der Waals surface area contributed by atoms with Gasteiger partial charge in [0.15, 0.2) is 11.6 Å². The lowest BCUT2D eigenvalue weighted by molar-refractivity contribution is -0.929. The quantitative estimate of drug-likeness (QED) is 0.869. The maximum atomic E-state index is 12.7. The van der Waals surface area contributed by atoms with Gasteiger partial charge in [0.25, 0.3) is 5.91 Å². The second-order valence-electron chi connectivity index (χ2n) is 7.60. The summed E-state index contributed by atoms with van der Waals surface area (Å²) in [6, 6.07) is 10.9. The third kappa shape index (κ3) is 3.46. The van der Waals surface area contributed by atoms with Crippen LogP contribution in [0.25, 0.3) is 10.2 Å². The number of hydrogen-bond donors (Lipinski definition) is 2. The average Bonchev–Trinajstić information content (AvgIpc) is 3.29. The van der Waals surface area contributed by atoms with Gasteiger partial charge in [-0.25, -0.2) is 4.98 Å². The van der Waals surface area contributed by atoms with Crippen molar-refractivity contribution in [3.8, 4) is 6.07 Å². The molecule has 1 aliphatic carbocycles. The number of rotatable bonds is 4.